The monoisotopic (exact) mass is 395 g/mol. The van der Waals surface area contributed by atoms with Gasteiger partial charge < -0.3 is 20.1 Å². The Labute approximate surface area is 165 Å². The number of methoxy groups -OCH3 is 1. The Bertz CT molecular complexity index is 873. The van der Waals surface area contributed by atoms with Gasteiger partial charge in [0.2, 0.25) is 0 Å². The highest BCUT2D eigenvalue weighted by molar-refractivity contribution is 5.93. The highest BCUT2D eigenvalue weighted by atomic mass is 35.5. The molecule has 0 aliphatic heterocycles. The van der Waals surface area contributed by atoms with E-state index in [2.05, 4.69) is 10.3 Å². The summed E-state index contributed by atoms with van der Waals surface area (Å²) in [6.07, 6.45) is 1.77. The van der Waals surface area contributed by atoms with Crippen LogP contribution in [0.4, 0.5) is 11.4 Å². The zero-order chi connectivity index (χ0) is 17.1. The molecule has 0 spiro atoms. The molecule has 0 aliphatic rings. The van der Waals surface area contributed by atoms with Crippen molar-refractivity contribution < 1.29 is 9.84 Å². The topological polar surface area (TPSA) is 57.6 Å². The van der Waals surface area contributed by atoms with Crippen LogP contribution in [0.5, 0.6) is 11.5 Å². The van der Waals surface area contributed by atoms with Gasteiger partial charge in [-0.2, -0.15) is 0 Å². The largest absolute Gasteiger partial charge is 0.508 e. The Balaban J connectivity index is 0.00000169. The van der Waals surface area contributed by atoms with Gasteiger partial charge in [-0.25, -0.2) is 0 Å². The van der Waals surface area contributed by atoms with E-state index in [0.717, 1.165) is 33.6 Å². The summed E-state index contributed by atoms with van der Waals surface area (Å²) >= 11 is 0. The lowest BCUT2D eigenvalue weighted by Gasteiger charge is -2.14. The van der Waals surface area contributed by atoms with E-state index in [1.165, 1.54) is 0 Å². The van der Waals surface area contributed by atoms with E-state index < -0.39 is 0 Å². The summed E-state index contributed by atoms with van der Waals surface area (Å²) in [5, 5.41) is 14.4. The zero-order valence-corrected chi connectivity index (χ0v) is 16.5. The summed E-state index contributed by atoms with van der Waals surface area (Å²) in [6.45, 7) is 0.676. The maximum atomic E-state index is 10.0. The Hall–Kier alpha value is -2.21. The maximum Gasteiger partial charge on any atom is 0.121 e. The zero-order valence-electron chi connectivity index (χ0n) is 14.9. The number of nitrogens with one attached hydrogen (secondary N) is 1. The summed E-state index contributed by atoms with van der Waals surface area (Å²) in [6, 6.07) is 13.3. The van der Waals surface area contributed by atoms with E-state index in [1.54, 1.807) is 19.4 Å². The van der Waals surface area contributed by atoms with Crippen molar-refractivity contribution in [1.29, 1.82) is 0 Å². The van der Waals surface area contributed by atoms with Crippen LogP contribution in [0.15, 0.2) is 48.7 Å². The molecule has 7 heteroatoms. The Kier molecular flexibility index (Phi) is 7.96. The van der Waals surface area contributed by atoms with Crippen LogP contribution in [0.3, 0.4) is 0 Å². The van der Waals surface area contributed by atoms with E-state index >= 15 is 0 Å². The number of aromatic nitrogens is 1. The van der Waals surface area contributed by atoms with Crippen LogP contribution in [-0.2, 0) is 6.54 Å². The molecule has 0 bridgehead atoms. The molecule has 3 aromatic rings. The number of phenolic OH excluding ortho intramolecular Hbond substituents is 1. The molecule has 0 saturated heterocycles. The second-order valence-electron chi connectivity index (χ2n) is 5.95. The van der Waals surface area contributed by atoms with Gasteiger partial charge in [-0.3, -0.25) is 4.98 Å². The lowest BCUT2D eigenvalue weighted by atomic mass is 10.1. The van der Waals surface area contributed by atoms with Crippen LogP contribution in [-0.4, -0.2) is 36.2 Å². The lowest BCUT2D eigenvalue weighted by Crippen LogP contribution is -2.10. The number of nitrogens with zero attached hydrogens (tertiary/aromatic N) is 2. The molecule has 0 unspecified atom stereocenters. The molecule has 0 saturated carbocycles. The van der Waals surface area contributed by atoms with Crippen molar-refractivity contribution in [3.63, 3.8) is 0 Å². The number of phenols is 1. The fraction of sp³-hybridized carbons (Fsp3) is 0.211. The molecule has 26 heavy (non-hydrogen) atoms. The van der Waals surface area contributed by atoms with Crippen molar-refractivity contribution >= 4 is 47.1 Å². The molecule has 1 aromatic heterocycles. The number of halogens is 2. The summed E-state index contributed by atoms with van der Waals surface area (Å²) < 4.78 is 5.25. The van der Waals surface area contributed by atoms with Crippen molar-refractivity contribution in [2.24, 2.45) is 0 Å². The fourth-order valence-electron chi connectivity index (χ4n) is 2.65. The van der Waals surface area contributed by atoms with Gasteiger partial charge in [0, 0.05) is 41.1 Å². The predicted molar refractivity (Wildman–Crippen MR) is 112 cm³/mol. The van der Waals surface area contributed by atoms with E-state index in [1.807, 2.05) is 55.4 Å². The van der Waals surface area contributed by atoms with Crippen LogP contribution >= 0.6 is 24.8 Å². The first-order valence-electron chi connectivity index (χ1n) is 7.73. The van der Waals surface area contributed by atoms with Crippen molar-refractivity contribution in [3.8, 4) is 11.5 Å². The van der Waals surface area contributed by atoms with Gasteiger partial charge in [0.15, 0.2) is 0 Å². The summed E-state index contributed by atoms with van der Waals surface area (Å²) in [5.41, 5.74) is 3.63. The third-order valence-corrected chi connectivity index (χ3v) is 3.79. The van der Waals surface area contributed by atoms with Crippen LogP contribution < -0.4 is 10.1 Å². The van der Waals surface area contributed by atoms with Crippen LogP contribution in [0.1, 0.15) is 5.56 Å². The number of ether oxygens (including phenoxy) is 1. The molecular formula is C19H23Cl2N3O2. The maximum absolute atomic E-state index is 10.0. The van der Waals surface area contributed by atoms with Gasteiger partial charge in [0.05, 0.1) is 12.6 Å². The van der Waals surface area contributed by atoms with Crippen molar-refractivity contribution in [2.45, 2.75) is 6.54 Å². The number of hydrogen-bond acceptors (Lipinski definition) is 5. The molecule has 0 aliphatic carbocycles. The van der Waals surface area contributed by atoms with Gasteiger partial charge in [-0.15, -0.1) is 24.8 Å². The second-order valence-corrected chi connectivity index (χ2v) is 5.95. The minimum Gasteiger partial charge on any atom is -0.508 e. The normalized spacial score (nSPS) is 10.2. The third-order valence-electron chi connectivity index (χ3n) is 3.79. The molecular weight excluding hydrogens is 373 g/mol. The minimum atomic E-state index is 0. The highest BCUT2D eigenvalue weighted by Gasteiger charge is 2.07. The summed E-state index contributed by atoms with van der Waals surface area (Å²) in [5.74, 6) is 1.09. The number of pyridine rings is 1. The van der Waals surface area contributed by atoms with Gasteiger partial charge in [0.25, 0.3) is 0 Å². The van der Waals surface area contributed by atoms with E-state index in [9.17, 15) is 5.11 Å². The van der Waals surface area contributed by atoms with Gasteiger partial charge >= 0.3 is 0 Å². The average Bonchev–Trinajstić information content (AvgIpc) is 2.57. The SMILES string of the molecule is COc1ccc2c(Nc3ccc(O)c(CN(C)C)c3)ccnc2c1.Cl.Cl. The fourth-order valence-corrected chi connectivity index (χ4v) is 2.65. The number of aromatic hydroxyl groups is 1. The number of fused-ring (bicyclic) bond motifs is 1. The predicted octanol–water partition coefficient (Wildman–Crippen LogP) is 4.60. The quantitative estimate of drug-likeness (QED) is 0.618. The standard InChI is InChI=1S/C19H21N3O2.2ClH/c1-22(2)12-13-10-14(4-7-19(13)23)21-17-8-9-20-18-11-15(24-3)5-6-16(17)18;;/h4-11,23H,12H2,1-3H3,(H,20,21);2*1H. The molecule has 0 atom stereocenters. The Morgan fingerprint density at radius 3 is 2.54 bits per heavy atom. The first kappa shape index (κ1) is 21.8. The van der Waals surface area contributed by atoms with Gasteiger partial charge in [-0.1, -0.05) is 0 Å². The molecule has 3 rings (SSSR count). The van der Waals surface area contributed by atoms with E-state index in [0.29, 0.717) is 12.3 Å². The third kappa shape index (κ3) is 4.91. The lowest BCUT2D eigenvalue weighted by molar-refractivity contribution is 0.386. The average molecular weight is 396 g/mol. The number of hydrogen-bond donors (Lipinski definition) is 2. The second kappa shape index (κ2) is 9.48. The van der Waals surface area contributed by atoms with Crippen LogP contribution in [0.25, 0.3) is 10.9 Å². The number of rotatable bonds is 5. The molecule has 0 amide bonds. The highest BCUT2D eigenvalue weighted by Crippen LogP contribution is 2.29. The minimum absolute atomic E-state index is 0. The smallest absolute Gasteiger partial charge is 0.121 e. The first-order valence-corrected chi connectivity index (χ1v) is 7.73. The van der Waals surface area contributed by atoms with Gasteiger partial charge in [-0.05, 0) is 50.5 Å². The number of benzene rings is 2. The van der Waals surface area contributed by atoms with Crippen LogP contribution in [0, 0.1) is 0 Å². The van der Waals surface area contributed by atoms with Crippen molar-refractivity contribution in [2.75, 3.05) is 26.5 Å². The van der Waals surface area contributed by atoms with Crippen molar-refractivity contribution in [3.05, 3.63) is 54.2 Å². The summed E-state index contributed by atoms with van der Waals surface area (Å²) in [7, 11) is 5.60. The molecule has 0 fully saturated rings. The first-order chi connectivity index (χ1) is 11.6. The Morgan fingerprint density at radius 2 is 1.85 bits per heavy atom. The molecule has 2 N–H and O–H groups in total. The molecule has 140 valence electrons. The molecule has 1 heterocycles. The molecule has 5 nitrogen and oxygen atoms in total. The molecule has 2 aromatic carbocycles. The Morgan fingerprint density at radius 1 is 1.08 bits per heavy atom. The van der Waals surface area contributed by atoms with E-state index in [-0.39, 0.29) is 24.8 Å². The molecule has 0 radical (unpaired) electrons. The van der Waals surface area contributed by atoms with Crippen LogP contribution in [0.2, 0.25) is 0 Å². The summed E-state index contributed by atoms with van der Waals surface area (Å²) in [4.78, 5) is 6.42. The van der Waals surface area contributed by atoms with Crippen molar-refractivity contribution in [1.82, 2.24) is 9.88 Å². The van der Waals surface area contributed by atoms with E-state index in [4.69, 9.17) is 4.74 Å². The van der Waals surface area contributed by atoms with Gasteiger partial charge in [0.1, 0.15) is 11.5 Å². The number of anilines is 2.